The smallest absolute Gasteiger partial charge is 0.181 e. The van der Waals surface area contributed by atoms with Gasteiger partial charge in [0.1, 0.15) is 23.2 Å². The molecule has 50 heavy (non-hydrogen) atoms. The Hall–Kier alpha value is -2.79. The molecule has 0 spiro atoms. The molecule has 3 aromatic carbocycles. The molecule has 3 atom stereocenters. The van der Waals surface area contributed by atoms with Crippen LogP contribution in [0.3, 0.4) is 0 Å². The van der Waals surface area contributed by atoms with Gasteiger partial charge in [0, 0.05) is 29.4 Å². The standard InChI is InChI=1S/C39H49ClF3N2O3S2/c1-9-29(11-10-18-45(5,6)7)50(46,47)30-20-35(42)32(36(43)21-30)24-49-38-22-31(26-12-15-28(41)16-13-26)25(2)33(23-44-38)39(3,4)27-14-17-34(40)37(19-27)48-8/h12-17,19-21,23,25,29,31H,9-11,18,22,24H2,1-8H3/q+1. The molecule has 0 saturated carbocycles. The number of ether oxygens (including phenoxy) is 1. The van der Waals surface area contributed by atoms with Gasteiger partial charge in [-0.05, 0) is 84.2 Å². The van der Waals surface area contributed by atoms with Crippen molar-refractivity contribution in [1.29, 1.82) is 0 Å². The van der Waals surface area contributed by atoms with Gasteiger partial charge in [0.15, 0.2) is 9.84 Å². The van der Waals surface area contributed by atoms with Crippen LogP contribution in [0.25, 0.3) is 0 Å². The van der Waals surface area contributed by atoms with Crippen molar-refractivity contribution in [3.8, 4) is 5.75 Å². The fourth-order valence-corrected chi connectivity index (χ4v) is 9.70. The van der Waals surface area contributed by atoms with Crippen molar-refractivity contribution < 1.29 is 30.8 Å². The van der Waals surface area contributed by atoms with Crippen molar-refractivity contribution in [2.75, 3.05) is 34.8 Å². The number of hydrogen-bond acceptors (Lipinski definition) is 5. The molecule has 0 saturated heterocycles. The molecule has 1 heterocycles. The van der Waals surface area contributed by atoms with E-state index in [1.807, 2.05) is 39.5 Å². The van der Waals surface area contributed by atoms with E-state index < -0.39 is 32.1 Å². The molecule has 272 valence electrons. The molecule has 0 fully saturated rings. The summed E-state index contributed by atoms with van der Waals surface area (Å²) in [5.74, 6) is -1.83. The highest BCUT2D eigenvalue weighted by molar-refractivity contribution is 8.13. The molecule has 0 aromatic heterocycles. The first-order valence-electron chi connectivity index (χ1n) is 16.9. The third-order valence-corrected chi connectivity index (χ3v) is 13.5. The fraction of sp³-hybridized carbons (Fsp3) is 0.462. The van der Waals surface area contributed by atoms with Crippen molar-refractivity contribution in [2.45, 2.75) is 80.6 Å². The van der Waals surface area contributed by atoms with Gasteiger partial charge < -0.3 is 9.22 Å². The second-order valence-corrected chi connectivity index (χ2v) is 18.3. The summed E-state index contributed by atoms with van der Waals surface area (Å²) in [6.07, 6.45) is 3.75. The molecule has 0 amide bonds. The Bertz CT molecular complexity index is 1810. The Balaban J connectivity index is 1.64. The van der Waals surface area contributed by atoms with Gasteiger partial charge in [0.05, 0.1) is 55.0 Å². The number of benzene rings is 3. The van der Waals surface area contributed by atoms with Crippen LogP contribution in [0.1, 0.15) is 76.0 Å². The molecule has 4 rings (SSSR count). The summed E-state index contributed by atoms with van der Waals surface area (Å²) in [7, 11) is 3.75. The Morgan fingerprint density at radius 3 is 2.26 bits per heavy atom. The van der Waals surface area contributed by atoms with Crippen molar-refractivity contribution >= 4 is 38.2 Å². The van der Waals surface area contributed by atoms with Gasteiger partial charge in [-0.3, -0.25) is 4.99 Å². The van der Waals surface area contributed by atoms with E-state index in [-0.39, 0.29) is 33.9 Å². The summed E-state index contributed by atoms with van der Waals surface area (Å²) in [4.78, 5) is 4.53. The highest BCUT2D eigenvalue weighted by atomic mass is 35.5. The Morgan fingerprint density at radius 1 is 1.04 bits per heavy atom. The van der Waals surface area contributed by atoms with E-state index in [0.29, 0.717) is 46.0 Å². The molecule has 5 nitrogen and oxygen atoms in total. The van der Waals surface area contributed by atoms with Crippen molar-refractivity contribution in [1.82, 2.24) is 0 Å². The lowest BCUT2D eigenvalue weighted by atomic mass is 9.68. The number of allylic oxidation sites excluding steroid dienone is 1. The van der Waals surface area contributed by atoms with E-state index >= 15 is 8.78 Å². The van der Waals surface area contributed by atoms with Gasteiger partial charge in [0.25, 0.3) is 0 Å². The first-order valence-corrected chi connectivity index (χ1v) is 19.8. The molecule has 0 radical (unpaired) electrons. The van der Waals surface area contributed by atoms with E-state index in [9.17, 15) is 12.8 Å². The zero-order valence-electron chi connectivity index (χ0n) is 30.2. The maximum atomic E-state index is 15.6. The normalized spacial score (nSPS) is 17.9. The van der Waals surface area contributed by atoms with E-state index in [1.165, 1.54) is 23.9 Å². The van der Waals surface area contributed by atoms with Crippen LogP contribution in [0.4, 0.5) is 13.2 Å². The van der Waals surface area contributed by atoms with Crippen LogP contribution in [-0.2, 0) is 21.0 Å². The fourth-order valence-electron chi connectivity index (χ4n) is 6.65. The number of thioether (sulfide) groups is 1. The number of quaternary nitrogens is 1. The summed E-state index contributed by atoms with van der Waals surface area (Å²) < 4.78 is 78.2. The Kier molecular flexibility index (Phi) is 13.0. The van der Waals surface area contributed by atoms with Crippen molar-refractivity contribution in [3.63, 3.8) is 0 Å². The number of methoxy groups -OCH3 is 1. The first-order chi connectivity index (χ1) is 23.4. The number of sulfone groups is 1. The Labute approximate surface area is 305 Å². The minimum absolute atomic E-state index is 0.0502. The van der Waals surface area contributed by atoms with Crippen LogP contribution in [0, 0.1) is 23.4 Å². The minimum atomic E-state index is -3.94. The lowest BCUT2D eigenvalue weighted by Gasteiger charge is -2.35. The number of rotatable bonds is 13. The molecule has 3 aromatic rings. The zero-order chi connectivity index (χ0) is 37.0. The molecule has 3 unspecified atom stereocenters. The van der Waals surface area contributed by atoms with Crippen LogP contribution in [0.5, 0.6) is 5.75 Å². The zero-order valence-corrected chi connectivity index (χ0v) is 32.6. The molecule has 0 N–H and O–H groups in total. The highest BCUT2D eigenvalue weighted by Gasteiger charge is 2.36. The van der Waals surface area contributed by atoms with Gasteiger partial charge in [-0.25, -0.2) is 21.6 Å². The lowest BCUT2D eigenvalue weighted by molar-refractivity contribution is -0.870. The molecular weight excluding hydrogens is 701 g/mol. The van der Waals surface area contributed by atoms with Crippen LogP contribution in [0.15, 0.2) is 76.3 Å². The first kappa shape index (κ1) is 40.0. The van der Waals surface area contributed by atoms with E-state index in [2.05, 4.69) is 20.8 Å². The van der Waals surface area contributed by atoms with E-state index in [1.54, 1.807) is 32.2 Å². The quantitative estimate of drug-likeness (QED) is 0.163. The summed E-state index contributed by atoms with van der Waals surface area (Å²) in [5, 5.41) is 0.434. The van der Waals surface area contributed by atoms with Crippen LogP contribution in [0.2, 0.25) is 5.02 Å². The van der Waals surface area contributed by atoms with Gasteiger partial charge in [-0.1, -0.05) is 57.5 Å². The topological polar surface area (TPSA) is 55.7 Å². The highest BCUT2D eigenvalue weighted by Crippen LogP contribution is 2.46. The average Bonchev–Trinajstić information content (AvgIpc) is 3.21. The predicted molar refractivity (Wildman–Crippen MR) is 201 cm³/mol. The van der Waals surface area contributed by atoms with Crippen molar-refractivity contribution in [3.05, 3.63) is 106 Å². The lowest BCUT2D eigenvalue weighted by Crippen LogP contribution is -2.36. The van der Waals surface area contributed by atoms with Gasteiger partial charge in [-0.2, -0.15) is 0 Å². The molecule has 1 aliphatic rings. The van der Waals surface area contributed by atoms with Crippen LogP contribution < -0.4 is 4.74 Å². The molecule has 11 heteroatoms. The molecule has 0 bridgehead atoms. The van der Waals surface area contributed by atoms with Crippen molar-refractivity contribution in [2.24, 2.45) is 10.9 Å². The van der Waals surface area contributed by atoms with Crippen LogP contribution >= 0.6 is 23.4 Å². The minimum Gasteiger partial charge on any atom is -0.495 e. The van der Waals surface area contributed by atoms with E-state index in [4.69, 9.17) is 21.3 Å². The van der Waals surface area contributed by atoms with Gasteiger partial charge in [0.2, 0.25) is 0 Å². The second-order valence-electron chi connectivity index (χ2n) is 14.6. The van der Waals surface area contributed by atoms with Gasteiger partial charge >= 0.3 is 0 Å². The van der Waals surface area contributed by atoms with E-state index in [0.717, 1.165) is 35.4 Å². The SMILES string of the molecule is CCC(CCC[N+](C)(C)C)S(=O)(=O)c1cc(F)c(CSC2=NC=C(C(C)(C)c3ccc(Cl)c(OC)c3)C(C)C(c3ccc(F)cc3)C2)c(F)c1. The van der Waals surface area contributed by atoms with Gasteiger partial charge in [-0.15, -0.1) is 11.8 Å². The maximum Gasteiger partial charge on any atom is 0.181 e. The monoisotopic (exact) mass is 749 g/mol. The molecule has 0 aliphatic carbocycles. The third kappa shape index (κ3) is 9.35. The summed E-state index contributed by atoms with van der Waals surface area (Å²) >= 11 is 7.55. The summed E-state index contributed by atoms with van der Waals surface area (Å²) in [5.41, 5.74) is 2.19. The Morgan fingerprint density at radius 2 is 1.68 bits per heavy atom. The largest absolute Gasteiger partial charge is 0.495 e. The predicted octanol–water partition coefficient (Wildman–Crippen LogP) is 10.1. The average molecular weight is 750 g/mol. The molecular formula is C39H49ClF3N2O3S2+. The summed E-state index contributed by atoms with van der Waals surface area (Å²) in [6, 6.07) is 14.0. The number of hydrogen-bond donors (Lipinski definition) is 0. The summed E-state index contributed by atoms with van der Waals surface area (Å²) in [6.45, 7) is 8.88. The number of aliphatic imine (C=N–C) groups is 1. The number of halogens is 4. The number of nitrogens with zero attached hydrogens (tertiary/aromatic N) is 2. The second kappa shape index (κ2) is 16.3. The maximum absolute atomic E-state index is 15.6. The molecule has 1 aliphatic heterocycles. The van der Waals surface area contributed by atoms with Crippen LogP contribution in [-0.4, -0.2) is 58.0 Å². The third-order valence-electron chi connectivity index (χ3n) is 9.80.